The van der Waals surface area contributed by atoms with Crippen LogP contribution in [0.2, 0.25) is 0 Å². The molecule has 1 saturated carbocycles. The fourth-order valence-corrected chi connectivity index (χ4v) is 2.68. The van der Waals surface area contributed by atoms with Crippen LogP contribution in [0.5, 0.6) is 0 Å². The molecule has 1 unspecified atom stereocenters. The van der Waals surface area contributed by atoms with Crippen LogP contribution in [0.3, 0.4) is 0 Å². The van der Waals surface area contributed by atoms with Crippen molar-refractivity contribution < 1.29 is 5.11 Å². The van der Waals surface area contributed by atoms with E-state index in [4.69, 9.17) is 0 Å². The molecule has 1 nitrogen and oxygen atoms in total. The van der Waals surface area contributed by atoms with Crippen molar-refractivity contribution in [2.24, 2.45) is 17.3 Å². The Labute approximate surface area is 82.5 Å². The van der Waals surface area contributed by atoms with Gasteiger partial charge in [0, 0.05) is 0 Å². The summed E-state index contributed by atoms with van der Waals surface area (Å²) < 4.78 is 0. The third-order valence-corrected chi connectivity index (χ3v) is 3.95. The molecule has 0 aromatic rings. The second kappa shape index (κ2) is 4.00. The molecule has 1 fully saturated rings. The van der Waals surface area contributed by atoms with Gasteiger partial charge in [-0.3, -0.25) is 0 Å². The van der Waals surface area contributed by atoms with Gasteiger partial charge in [0.05, 0.1) is 6.10 Å². The van der Waals surface area contributed by atoms with Crippen LogP contribution in [0.4, 0.5) is 0 Å². The lowest BCUT2D eigenvalue weighted by molar-refractivity contribution is 0.0346. The molecule has 0 radical (unpaired) electrons. The first kappa shape index (κ1) is 11.0. The molecule has 3 atom stereocenters. The average molecular weight is 184 g/mol. The number of rotatable bonds is 3. The molecule has 1 aliphatic carbocycles. The Bertz CT molecular complexity index is 165. The quantitative estimate of drug-likeness (QED) is 0.714. The zero-order valence-electron chi connectivity index (χ0n) is 9.51. The van der Waals surface area contributed by atoms with E-state index in [1.54, 1.807) is 0 Å². The van der Waals surface area contributed by atoms with Crippen molar-refractivity contribution in [2.75, 3.05) is 0 Å². The summed E-state index contributed by atoms with van der Waals surface area (Å²) in [5.74, 6) is 1.62. The normalized spacial score (nSPS) is 36.9. The van der Waals surface area contributed by atoms with Gasteiger partial charge in [-0.15, -0.1) is 0 Å². The Kier molecular flexibility index (Phi) is 3.39. The second-order valence-corrected chi connectivity index (χ2v) is 5.32. The van der Waals surface area contributed by atoms with Gasteiger partial charge in [-0.1, -0.05) is 27.7 Å². The first-order chi connectivity index (χ1) is 5.99. The summed E-state index contributed by atoms with van der Waals surface area (Å²) in [5, 5.41) is 9.92. The summed E-state index contributed by atoms with van der Waals surface area (Å²) in [5.41, 5.74) is 0.212. The smallest absolute Gasteiger partial charge is 0.0591 e. The van der Waals surface area contributed by atoms with Crippen LogP contribution in [0.25, 0.3) is 0 Å². The molecule has 0 aliphatic heterocycles. The molecule has 0 amide bonds. The number of hydrogen-bond donors (Lipinski definition) is 1. The molecule has 0 aromatic carbocycles. The average Bonchev–Trinajstić information content (AvgIpc) is 2.48. The zero-order chi connectivity index (χ0) is 10.1. The van der Waals surface area contributed by atoms with Crippen LogP contribution < -0.4 is 0 Å². The van der Waals surface area contributed by atoms with Crippen LogP contribution in [0.15, 0.2) is 0 Å². The Hall–Kier alpha value is -0.0400. The van der Waals surface area contributed by atoms with E-state index in [9.17, 15) is 5.11 Å². The SMILES string of the molecule is CCC(O)[C@@]1(C)CC[C@@H](C(C)C)C1. The Morgan fingerprint density at radius 3 is 2.46 bits per heavy atom. The highest BCUT2D eigenvalue weighted by molar-refractivity contribution is 4.91. The summed E-state index contributed by atoms with van der Waals surface area (Å²) in [4.78, 5) is 0. The minimum absolute atomic E-state index is 0.0868. The lowest BCUT2D eigenvalue weighted by Gasteiger charge is -2.30. The van der Waals surface area contributed by atoms with Crippen molar-refractivity contribution >= 4 is 0 Å². The molecule has 1 heteroatoms. The van der Waals surface area contributed by atoms with Gasteiger partial charge in [0.15, 0.2) is 0 Å². The van der Waals surface area contributed by atoms with E-state index in [-0.39, 0.29) is 11.5 Å². The minimum Gasteiger partial charge on any atom is -0.393 e. The van der Waals surface area contributed by atoms with E-state index in [1.807, 2.05) is 0 Å². The van der Waals surface area contributed by atoms with Crippen LogP contribution in [0, 0.1) is 17.3 Å². The van der Waals surface area contributed by atoms with E-state index < -0.39 is 0 Å². The lowest BCUT2D eigenvalue weighted by atomic mass is 9.79. The van der Waals surface area contributed by atoms with Gasteiger partial charge in [-0.2, -0.15) is 0 Å². The fraction of sp³-hybridized carbons (Fsp3) is 1.00. The number of hydrogen-bond acceptors (Lipinski definition) is 1. The minimum atomic E-state index is -0.0868. The summed E-state index contributed by atoms with van der Waals surface area (Å²) in [6.45, 7) is 8.94. The van der Waals surface area contributed by atoms with E-state index in [1.165, 1.54) is 19.3 Å². The van der Waals surface area contributed by atoms with Crippen molar-refractivity contribution in [3.63, 3.8) is 0 Å². The summed E-state index contributed by atoms with van der Waals surface area (Å²) in [6, 6.07) is 0. The summed E-state index contributed by atoms with van der Waals surface area (Å²) in [7, 11) is 0. The molecule has 0 saturated heterocycles. The first-order valence-corrected chi connectivity index (χ1v) is 5.67. The zero-order valence-corrected chi connectivity index (χ0v) is 9.51. The standard InChI is InChI=1S/C12H24O/c1-5-11(13)12(4)7-6-10(8-12)9(2)3/h9-11,13H,5-8H2,1-4H3/t10-,11?,12+/m1/s1. The van der Waals surface area contributed by atoms with Crippen molar-refractivity contribution in [3.8, 4) is 0 Å². The van der Waals surface area contributed by atoms with Crippen LogP contribution in [-0.2, 0) is 0 Å². The topological polar surface area (TPSA) is 20.2 Å². The molecule has 0 heterocycles. The monoisotopic (exact) mass is 184 g/mol. The van der Waals surface area contributed by atoms with E-state index in [2.05, 4.69) is 27.7 Å². The van der Waals surface area contributed by atoms with Crippen molar-refractivity contribution in [2.45, 2.75) is 59.5 Å². The van der Waals surface area contributed by atoms with Crippen LogP contribution >= 0.6 is 0 Å². The number of aliphatic hydroxyl groups excluding tert-OH is 1. The number of aliphatic hydroxyl groups is 1. The van der Waals surface area contributed by atoms with Gasteiger partial charge in [0.1, 0.15) is 0 Å². The summed E-state index contributed by atoms with van der Waals surface area (Å²) in [6.07, 6.45) is 4.56. The maximum atomic E-state index is 9.92. The second-order valence-electron chi connectivity index (χ2n) is 5.32. The van der Waals surface area contributed by atoms with Crippen LogP contribution in [-0.4, -0.2) is 11.2 Å². The molecule has 1 rings (SSSR count). The van der Waals surface area contributed by atoms with Gasteiger partial charge >= 0.3 is 0 Å². The van der Waals surface area contributed by atoms with E-state index >= 15 is 0 Å². The van der Waals surface area contributed by atoms with Crippen molar-refractivity contribution in [1.82, 2.24) is 0 Å². The Balaban J connectivity index is 2.55. The fourth-order valence-electron chi connectivity index (χ4n) is 2.68. The highest BCUT2D eigenvalue weighted by atomic mass is 16.3. The Morgan fingerprint density at radius 2 is 2.08 bits per heavy atom. The Morgan fingerprint density at radius 1 is 1.46 bits per heavy atom. The van der Waals surface area contributed by atoms with Gasteiger partial charge in [-0.25, -0.2) is 0 Å². The highest BCUT2D eigenvalue weighted by Gasteiger charge is 2.40. The van der Waals surface area contributed by atoms with E-state index in [0.717, 1.165) is 18.3 Å². The lowest BCUT2D eigenvalue weighted by Crippen LogP contribution is -2.29. The van der Waals surface area contributed by atoms with Gasteiger partial charge in [0.2, 0.25) is 0 Å². The van der Waals surface area contributed by atoms with Gasteiger partial charge in [0.25, 0.3) is 0 Å². The van der Waals surface area contributed by atoms with Crippen LogP contribution in [0.1, 0.15) is 53.4 Å². The third kappa shape index (κ3) is 2.25. The highest BCUT2D eigenvalue weighted by Crippen LogP contribution is 2.47. The molecule has 0 spiro atoms. The molecule has 0 aromatic heterocycles. The maximum Gasteiger partial charge on any atom is 0.0591 e. The molecule has 13 heavy (non-hydrogen) atoms. The molecule has 78 valence electrons. The van der Waals surface area contributed by atoms with Gasteiger partial charge < -0.3 is 5.11 Å². The predicted molar refractivity (Wildman–Crippen MR) is 56.6 cm³/mol. The van der Waals surface area contributed by atoms with Crippen molar-refractivity contribution in [3.05, 3.63) is 0 Å². The maximum absolute atomic E-state index is 9.92. The summed E-state index contributed by atoms with van der Waals surface area (Å²) >= 11 is 0. The molecule has 0 bridgehead atoms. The molecular formula is C12H24O. The predicted octanol–water partition coefficient (Wildman–Crippen LogP) is 3.22. The van der Waals surface area contributed by atoms with Crippen molar-refractivity contribution in [1.29, 1.82) is 0 Å². The van der Waals surface area contributed by atoms with Gasteiger partial charge in [-0.05, 0) is 42.9 Å². The largest absolute Gasteiger partial charge is 0.393 e. The third-order valence-electron chi connectivity index (χ3n) is 3.95. The first-order valence-electron chi connectivity index (χ1n) is 5.67. The molecule has 1 aliphatic rings. The molecular weight excluding hydrogens is 160 g/mol. The molecule has 1 N–H and O–H groups in total. The van der Waals surface area contributed by atoms with E-state index in [0.29, 0.717) is 0 Å².